The molecule has 0 atom stereocenters. The number of aliphatic hydroxyl groups excluding tert-OH is 1. The number of carbonyl (C=O) groups is 1. The average molecular weight is 238 g/mol. The number of methoxy groups -OCH3 is 1. The van der Waals surface area contributed by atoms with Gasteiger partial charge in [-0.25, -0.2) is 4.79 Å². The summed E-state index contributed by atoms with van der Waals surface area (Å²) in [5.74, 6) is 0.158. The predicted molar refractivity (Wildman–Crippen MR) is 64.1 cm³/mol. The zero-order valence-corrected chi connectivity index (χ0v) is 10.2. The normalized spacial score (nSPS) is 10.1. The maximum atomic E-state index is 11.5. The molecule has 0 bridgehead atoms. The average Bonchev–Trinajstić information content (AvgIpc) is 2.38. The largest absolute Gasteiger partial charge is 0.494 e. The Balaban J connectivity index is 2.85. The second-order valence-electron chi connectivity index (χ2n) is 3.67. The fourth-order valence-electron chi connectivity index (χ4n) is 1.42. The smallest absolute Gasteiger partial charge is 0.338 e. The second-order valence-corrected chi connectivity index (χ2v) is 3.67. The Morgan fingerprint density at radius 3 is 2.76 bits per heavy atom. The zero-order chi connectivity index (χ0) is 12.7. The van der Waals surface area contributed by atoms with Gasteiger partial charge in [0.2, 0.25) is 0 Å². The van der Waals surface area contributed by atoms with Crippen molar-refractivity contribution in [3.8, 4) is 5.75 Å². The van der Waals surface area contributed by atoms with Crippen molar-refractivity contribution in [1.82, 2.24) is 0 Å². The number of carbonyl (C=O) groups excluding carboxylic acids is 1. The number of esters is 1. The molecule has 17 heavy (non-hydrogen) atoms. The fraction of sp³-hybridized carbons (Fsp3) is 0.462. The molecule has 4 heteroatoms. The summed E-state index contributed by atoms with van der Waals surface area (Å²) in [6.45, 7) is 2.51. The third-order valence-electron chi connectivity index (χ3n) is 2.42. The highest BCUT2D eigenvalue weighted by Crippen LogP contribution is 2.19. The predicted octanol–water partition coefficient (Wildman–Crippen LogP) is 2.14. The molecule has 0 aliphatic carbocycles. The Labute approximate surface area is 101 Å². The molecule has 0 unspecified atom stereocenters. The van der Waals surface area contributed by atoms with Crippen molar-refractivity contribution in [3.63, 3.8) is 0 Å². The summed E-state index contributed by atoms with van der Waals surface area (Å²) in [7, 11) is 1.31. The molecule has 0 fully saturated rings. The summed E-state index contributed by atoms with van der Waals surface area (Å²) in [5.41, 5.74) is 0.892. The van der Waals surface area contributed by atoms with E-state index in [0.717, 1.165) is 12.8 Å². The number of hydrogen-bond acceptors (Lipinski definition) is 4. The van der Waals surface area contributed by atoms with Gasteiger partial charge in [0.25, 0.3) is 0 Å². The molecule has 1 aromatic rings. The first-order valence-electron chi connectivity index (χ1n) is 5.67. The van der Waals surface area contributed by atoms with Crippen molar-refractivity contribution < 1.29 is 19.4 Å². The van der Waals surface area contributed by atoms with E-state index < -0.39 is 5.97 Å². The molecule has 0 aliphatic rings. The number of ether oxygens (including phenoxy) is 2. The molecular weight excluding hydrogens is 220 g/mol. The van der Waals surface area contributed by atoms with Gasteiger partial charge < -0.3 is 14.6 Å². The van der Waals surface area contributed by atoms with Crippen molar-refractivity contribution in [2.24, 2.45) is 0 Å². The molecule has 0 saturated carbocycles. The lowest BCUT2D eigenvalue weighted by atomic mass is 10.1. The van der Waals surface area contributed by atoms with Crippen molar-refractivity contribution in [3.05, 3.63) is 29.3 Å². The molecule has 0 amide bonds. The molecule has 0 aliphatic heterocycles. The van der Waals surface area contributed by atoms with Crippen LogP contribution in [0.5, 0.6) is 5.75 Å². The first-order chi connectivity index (χ1) is 8.22. The SMILES string of the molecule is CCCCOc1ccc(CO)c(C(=O)OC)c1. The third kappa shape index (κ3) is 3.75. The van der Waals surface area contributed by atoms with Crippen LogP contribution in [0.25, 0.3) is 0 Å². The maximum absolute atomic E-state index is 11.5. The molecule has 1 aromatic carbocycles. The van der Waals surface area contributed by atoms with E-state index in [1.807, 2.05) is 0 Å². The van der Waals surface area contributed by atoms with Gasteiger partial charge >= 0.3 is 5.97 Å². The van der Waals surface area contributed by atoms with E-state index in [4.69, 9.17) is 9.84 Å². The highest BCUT2D eigenvalue weighted by Gasteiger charge is 2.12. The first-order valence-corrected chi connectivity index (χ1v) is 5.67. The quantitative estimate of drug-likeness (QED) is 0.609. The Morgan fingerprint density at radius 2 is 2.18 bits per heavy atom. The number of unbranched alkanes of at least 4 members (excludes halogenated alkanes) is 1. The van der Waals surface area contributed by atoms with Gasteiger partial charge in [-0.15, -0.1) is 0 Å². The van der Waals surface area contributed by atoms with Crippen molar-refractivity contribution in [2.45, 2.75) is 26.4 Å². The summed E-state index contributed by atoms with van der Waals surface area (Å²) in [5, 5.41) is 9.12. The minimum atomic E-state index is -0.463. The maximum Gasteiger partial charge on any atom is 0.338 e. The van der Waals surface area contributed by atoms with E-state index in [-0.39, 0.29) is 6.61 Å². The lowest BCUT2D eigenvalue weighted by Crippen LogP contribution is -2.07. The summed E-state index contributed by atoms with van der Waals surface area (Å²) < 4.78 is 10.1. The van der Waals surface area contributed by atoms with Crippen LogP contribution in [0.15, 0.2) is 18.2 Å². The van der Waals surface area contributed by atoms with Gasteiger partial charge in [-0.1, -0.05) is 19.4 Å². The van der Waals surface area contributed by atoms with Crippen LogP contribution >= 0.6 is 0 Å². The van der Waals surface area contributed by atoms with E-state index in [9.17, 15) is 4.79 Å². The molecule has 94 valence electrons. The Hall–Kier alpha value is -1.55. The van der Waals surface area contributed by atoms with Crippen LogP contribution in [-0.2, 0) is 11.3 Å². The number of hydrogen-bond donors (Lipinski definition) is 1. The van der Waals surface area contributed by atoms with E-state index >= 15 is 0 Å². The van der Waals surface area contributed by atoms with Gasteiger partial charge in [-0.05, 0) is 24.1 Å². The molecule has 0 saturated heterocycles. The van der Waals surface area contributed by atoms with Crippen molar-refractivity contribution >= 4 is 5.97 Å². The van der Waals surface area contributed by atoms with Gasteiger partial charge in [0.05, 0.1) is 25.9 Å². The van der Waals surface area contributed by atoms with Crippen LogP contribution in [0.4, 0.5) is 0 Å². The van der Waals surface area contributed by atoms with E-state index in [2.05, 4.69) is 11.7 Å². The fourth-order valence-corrected chi connectivity index (χ4v) is 1.42. The molecule has 4 nitrogen and oxygen atoms in total. The summed E-state index contributed by atoms with van der Waals surface area (Å²) >= 11 is 0. The van der Waals surface area contributed by atoms with Crippen LogP contribution < -0.4 is 4.74 Å². The lowest BCUT2D eigenvalue weighted by Gasteiger charge is -2.09. The highest BCUT2D eigenvalue weighted by molar-refractivity contribution is 5.91. The van der Waals surface area contributed by atoms with Gasteiger partial charge in [0.1, 0.15) is 5.75 Å². The van der Waals surface area contributed by atoms with E-state index in [1.54, 1.807) is 18.2 Å². The first kappa shape index (κ1) is 13.5. The van der Waals surface area contributed by atoms with Crippen LogP contribution in [0.2, 0.25) is 0 Å². The topological polar surface area (TPSA) is 55.8 Å². The second kappa shape index (κ2) is 6.91. The molecular formula is C13H18O4. The highest BCUT2D eigenvalue weighted by atomic mass is 16.5. The molecule has 1 rings (SSSR count). The monoisotopic (exact) mass is 238 g/mol. The summed E-state index contributed by atoms with van der Waals surface area (Å²) in [4.78, 5) is 11.5. The van der Waals surface area contributed by atoms with Crippen LogP contribution in [0.3, 0.4) is 0 Å². The minimum Gasteiger partial charge on any atom is -0.494 e. The van der Waals surface area contributed by atoms with Crippen molar-refractivity contribution in [1.29, 1.82) is 0 Å². The van der Waals surface area contributed by atoms with Gasteiger partial charge in [-0.2, -0.15) is 0 Å². The molecule has 0 radical (unpaired) electrons. The number of aliphatic hydroxyl groups is 1. The molecule has 0 aromatic heterocycles. The Morgan fingerprint density at radius 1 is 1.41 bits per heavy atom. The van der Waals surface area contributed by atoms with E-state index in [0.29, 0.717) is 23.5 Å². The molecule has 1 N–H and O–H groups in total. The number of benzene rings is 1. The van der Waals surface area contributed by atoms with Crippen LogP contribution in [0.1, 0.15) is 35.7 Å². The van der Waals surface area contributed by atoms with E-state index in [1.165, 1.54) is 7.11 Å². The molecule has 0 heterocycles. The summed E-state index contributed by atoms with van der Waals surface area (Å²) in [6.07, 6.45) is 2.02. The summed E-state index contributed by atoms with van der Waals surface area (Å²) in [6, 6.07) is 5.02. The third-order valence-corrected chi connectivity index (χ3v) is 2.42. The lowest BCUT2D eigenvalue weighted by molar-refractivity contribution is 0.0596. The van der Waals surface area contributed by atoms with Gasteiger partial charge in [0.15, 0.2) is 0 Å². The Bertz CT molecular complexity index is 374. The zero-order valence-electron chi connectivity index (χ0n) is 10.2. The van der Waals surface area contributed by atoms with Crippen molar-refractivity contribution in [2.75, 3.05) is 13.7 Å². The Kier molecular flexibility index (Phi) is 5.49. The molecule has 0 spiro atoms. The van der Waals surface area contributed by atoms with Gasteiger partial charge in [-0.3, -0.25) is 0 Å². The van der Waals surface area contributed by atoms with Gasteiger partial charge in [0, 0.05) is 0 Å². The number of rotatable bonds is 6. The van der Waals surface area contributed by atoms with Crippen LogP contribution in [0, 0.1) is 0 Å². The minimum absolute atomic E-state index is 0.195. The standard InChI is InChI=1S/C13H18O4/c1-3-4-7-17-11-6-5-10(9-14)12(8-11)13(15)16-2/h5-6,8,14H,3-4,7,9H2,1-2H3. The van der Waals surface area contributed by atoms with Crippen LogP contribution in [-0.4, -0.2) is 24.8 Å².